The normalized spacial score (nSPS) is 10.5. The maximum Gasteiger partial charge on any atom is 0.343 e. The molecule has 24 heteroatoms. The van der Waals surface area contributed by atoms with Crippen molar-refractivity contribution >= 4 is 71.6 Å². The fraction of sp³-hybridized carbons (Fsp3) is 0.444. The third-order valence-electron chi connectivity index (χ3n) is 20.5. The summed E-state index contributed by atoms with van der Waals surface area (Å²) in [6.45, 7) is 16.9. The van der Waals surface area contributed by atoms with Gasteiger partial charge in [0, 0.05) is 25.7 Å². The van der Waals surface area contributed by atoms with Gasteiger partial charge in [-0.2, -0.15) is 0 Å². The van der Waals surface area contributed by atoms with E-state index >= 15 is 0 Å². The predicted molar refractivity (Wildman–Crippen MR) is 507 cm³/mol. The summed E-state index contributed by atoms with van der Waals surface area (Å²) in [5.41, 5.74) is 2.84. The molecule has 0 fully saturated rings. The maximum absolute atomic E-state index is 12.4. The Balaban J connectivity index is 0.000000312. The summed E-state index contributed by atoms with van der Waals surface area (Å²) in [5, 5.41) is 0. The second kappa shape index (κ2) is 67.6. The molecule has 0 amide bonds. The van der Waals surface area contributed by atoms with Crippen molar-refractivity contribution in [1.29, 1.82) is 0 Å². The van der Waals surface area contributed by atoms with E-state index in [1.165, 1.54) is 225 Å². The monoisotopic (exact) mass is 1820 g/mol. The van der Waals surface area contributed by atoms with Crippen molar-refractivity contribution < 1.29 is 114 Å². The van der Waals surface area contributed by atoms with Crippen LogP contribution in [0.4, 0.5) is 0 Å². The maximum atomic E-state index is 12.4. The number of carbonyl (C=O) groups excluding carboxylic acids is 12. The van der Waals surface area contributed by atoms with Crippen molar-refractivity contribution in [1.82, 2.24) is 0 Å². The smallest absolute Gasteiger partial charge is 0.343 e. The van der Waals surface area contributed by atoms with Crippen LogP contribution in [-0.4, -0.2) is 98.1 Å². The first-order valence-electron chi connectivity index (χ1n) is 47.3. The van der Waals surface area contributed by atoms with Crippen molar-refractivity contribution in [3.05, 3.63) is 239 Å². The Labute approximate surface area is 779 Å². The van der Waals surface area contributed by atoms with Gasteiger partial charge in [0.15, 0.2) is 0 Å². The lowest BCUT2D eigenvalue weighted by Gasteiger charge is -2.07. The Bertz CT molecular complexity index is 4670. The number of rotatable bonds is 56. The van der Waals surface area contributed by atoms with E-state index in [1.54, 1.807) is 125 Å². The van der Waals surface area contributed by atoms with Crippen LogP contribution in [0.3, 0.4) is 0 Å². The van der Waals surface area contributed by atoms with Gasteiger partial charge >= 0.3 is 71.6 Å². The lowest BCUT2D eigenvalue weighted by molar-refractivity contribution is -0.135. The van der Waals surface area contributed by atoms with Gasteiger partial charge in [-0.05, 0) is 248 Å². The topological polar surface area (TPSA) is 316 Å². The summed E-state index contributed by atoms with van der Waals surface area (Å²) >= 11 is 0. The third-order valence-corrected chi connectivity index (χ3v) is 20.5. The Morgan fingerprint density at radius 2 is 0.273 bits per heavy atom. The van der Waals surface area contributed by atoms with E-state index in [2.05, 4.69) is 27.7 Å². The summed E-state index contributed by atoms with van der Waals surface area (Å²) in [5.74, 6) is -2.11. The number of hydrogen-bond donors (Lipinski definition) is 0. The molecule has 8 rings (SSSR count). The van der Waals surface area contributed by atoms with Crippen LogP contribution in [0, 0.1) is 0 Å². The Morgan fingerprint density at radius 1 is 0.152 bits per heavy atom. The SMILES string of the molecule is CCCCCCCCC(=O)Oc1ccc(C(=O)Oc2ccc(C(=O)OCC)cc2)cc1.CCCCCCCCCC(=O)Oc1ccc(C(=O)Oc2ccc(C(=O)OCC)cc2)cc1.CCCCCCCCCCCC(=O)Oc1ccc(C(=O)Oc2ccc(C(=O)OCC)cc2)cc1.CCCCCCCCCCCCC(=O)Oc1ccc(C(=O)Oc2ccc(C(=O)OCC)cc2)cc1. The zero-order valence-electron chi connectivity index (χ0n) is 78.6. The number of hydrogen-bond acceptors (Lipinski definition) is 24. The first-order chi connectivity index (χ1) is 64.1. The average molecular weight is 1820 g/mol. The van der Waals surface area contributed by atoms with Gasteiger partial charge in [0.25, 0.3) is 0 Å². The van der Waals surface area contributed by atoms with Gasteiger partial charge in [0.2, 0.25) is 0 Å². The van der Waals surface area contributed by atoms with Crippen molar-refractivity contribution in [3.8, 4) is 46.0 Å². The molecule has 0 bridgehead atoms. The molecule has 0 radical (unpaired) electrons. The number of esters is 12. The van der Waals surface area contributed by atoms with Crippen molar-refractivity contribution in [2.75, 3.05) is 26.4 Å². The van der Waals surface area contributed by atoms with Gasteiger partial charge in [-0.25, -0.2) is 38.4 Å². The van der Waals surface area contributed by atoms with Crippen molar-refractivity contribution in [3.63, 3.8) is 0 Å². The summed E-state index contributed by atoms with van der Waals surface area (Å²) in [6.07, 6.45) is 39.0. The Kier molecular flexibility index (Phi) is 56.3. The first kappa shape index (κ1) is 110. The molecule has 0 aliphatic rings. The Hall–Kier alpha value is -12.6. The Morgan fingerprint density at radius 3 is 0.409 bits per heavy atom. The highest BCUT2D eigenvalue weighted by Crippen LogP contribution is 2.26. The van der Waals surface area contributed by atoms with Gasteiger partial charge in [-0.1, -0.05) is 207 Å². The molecule has 0 spiro atoms. The molecule has 132 heavy (non-hydrogen) atoms. The fourth-order valence-electron chi connectivity index (χ4n) is 13.1. The second-order valence-electron chi connectivity index (χ2n) is 31.4. The molecule has 8 aromatic rings. The van der Waals surface area contributed by atoms with E-state index in [0.717, 1.165) is 77.0 Å². The molecule has 0 saturated carbocycles. The molecule has 0 aliphatic carbocycles. The quantitative estimate of drug-likeness (QED) is 0.0148. The number of benzene rings is 8. The van der Waals surface area contributed by atoms with E-state index in [9.17, 15) is 57.5 Å². The average Bonchev–Trinajstić information content (AvgIpc) is 0.865. The zero-order chi connectivity index (χ0) is 95.6. The van der Waals surface area contributed by atoms with Crippen LogP contribution in [0.25, 0.3) is 0 Å². The fourth-order valence-corrected chi connectivity index (χ4v) is 13.1. The van der Waals surface area contributed by atoms with E-state index in [4.69, 9.17) is 56.8 Å². The van der Waals surface area contributed by atoms with Crippen LogP contribution in [0.5, 0.6) is 46.0 Å². The minimum atomic E-state index is -0.547. The minimum Gasteiger partial charge on any atom is -0.462 e. The summed E-state index contributed by atoms with van der Waals surface area (Å²) in [7, 11) is 0. The van der Waals surface area contributed by atoms with Crippen molar-refractivity contribution in [2.45, 2.75) is 287 Å². The highest BCUT2D eigenvalue weighted by molar-refractivity contribution is 5.95. The van der Waals surface area contributed by atoms with E-state index < -0.39 is 47.8 Å². The summed E-state index contributed by atoms with van der Waals surface area (Å²) in [4.78, 5) is 144. The van der Waals surface area contributed by atoms with Crippen LogP contribution < -0.4 is 37.9 Å². The van der Waals surface area contributed by atoms with Gasteiger partial charge < -0.3 is 56.8 Å². The molecule has 0 saturated heterocycles. The highest BCUT2D eigenvalue weighted by atomic mass is 16.6. The molecule has 24 nitrogen and oxygen atoms in total. The second-order valence-corrected chi connectivity index (χ2v) is 31.4. The standard InChI is InChI=1S/C29H38O6.C28H36O6.C26H32O6.C25H30O6/c1-3-5-6-7-8-9-10-11-12-13-14-27(30)34-25-19-17-24(18-20-25)29(32)35-26-21-15-23(16-22-26)28(31)33-4-2;1-3-5-6-7-8-9-10-11-12-13-26(29)33-24-18-16-23(17-19-24)28(31)34-25-20-14-22(15-21-25)27(30)32-4-2;1-3-5-6-7-8-9-10-11-24(27)31-22-16-14-21(15-17-22)26(29)32-23-18-12-20(13-19-23)25(28)30-4-2;1-3-5-6-7-8-9-10-23(26)30-21-15-13-20(14-16-21)25(28)31-22-17-11-19(12-18-22)24(27)29-4-2/h15-22H,3-14H2,1-2H3;14-21H,3-13H2,1-2H3;12-19H,3-11H2,1-2H3;11-18H,3-10H2,1-2H3. The summed E-state index contributed by atoms with van der Waals surface area (Å²) in [6, 6.07) is 49.6. The van der Waals surface area contributed by atoms with Gasteiger partial charge in [0.1, 0.15) is 46.0 Å². The molecule has 0 unspecified atom stereocenters. The molecule has 0 aliphatic heterocycles. The van der Waals surface area contributed by atoms with Crippen LogP contribution in [-0.2, 0) is 38.1 Å². The lowest BCUT2D eigenvalue weighted by Crippen LogP contribution is -2.10. The van der Waals surface area contributed by atoms with Crippen LogP contribution in [0.1, 0.15) is 369 Å². The number of carbonyl (C=O) groups is 12. The largest absolute Gasteiger partial charge is 0.462 e. The van der Waals surface area contributed by atoms with Gasteiger partial charge in [0.05, 0.1) is 70.9 Å². The number of ether oxygens (including phenoxy) is 12. The predicted octanol–water partition coefficient (Wildman–Crippen LogP) is 26.1. The minimum absolute atomic E-state index is 0.262. The molecule has 8 aromatic carbocycles. The zero-order valence-corrected chi connectivity index (χ0v) is 78.6. The molecule has 0 heterocycles. The molecule has 0 aromatic heterocycles. The van der Waals surface area contributed by atoms with Crippen LogP contribution >= 0.6 is 0 Å². The highest BCUT2D eigenvalue weighted by Gasteiger charge is 2.19. The third kappa shape index (κ3) is 47.3. The van der Waals surface area contributed by atoms with E-state index in [0.29, 0.717) is 143 Å². The van der Waals surface area contributed by atoms with Crippen LogP contribution in [0.2, 0.25) is 0 Å². The molecular weight excluding hydrogens is 1680 g/mol. The first-order valence-corrected chi connectivity index (χ1v) is 47.3. The van der Waals surface area contributed by atoms with E-state index in [-0.39, 0.29) is 23.9 Å². The molecule has 712 valence electrons. The van der Waals surface area contributed by atoms with Crippen molar-refractivity contribution in [2.24, 2.45) is 0 Å². The molecule has 0 atom stereocenters. The molecule has 0 N–H and O–H groups in total. The van der Waals surface area contributed by atoms with Crippen LogP contribution in [0.15, 0.2) is 194 Å². The number of unbranched alkanes of at least 4 members (excludes halogenated alkanes) is 28. The summed E-state index contributed by atoms with van der Waals surface area (Å²) < 4.78 is 62.4. The van der Waals surface area contributed by atoms with Gasteiger partial charge in [-0.15, -0.1) is 0 Å². The van der Waals surface area contributed by atoms with E-state index in [1.807, 2.05) is 0 Å². The lowest BCUT2D eigenvalue weighted by atomic mass is 10.1. The van der Waals surface area contributed by atoms with Gasteiger partial charge in [-0.3, -0.25) is 19.2 Å². The molecular formula is C108H136O24.